The number of amides is 2. The van der Waals surface area contributed by atoms with Crippen molar-refractivity contribution in [2.75, 3.05) is 25.1 Å². The average molecular weight is 414 g/mol. The predicted octanol–water partition coefficient (Wildman–Crippen LogP) is 4.15. The van der Waals surface area contributed by atoms with Gasteiger partial charge in [-0.1, -0.05) is 12.1 Å². The van der Waals surface area contributed by atoms with Gasteiger partial charge in [-0.05, 0) is 61.5 Å². The van der Waals surface area contributed by atoms with Crippen LogP contribution in [0.3, 0.4) is 0 Å². The van der Waals surface area contributed by atoms with Crippen LogP contribution in [0.1, 0.15) is 35.7 Å². The summed E-state index contributed by atoms with van der Waals surface area (Å²) in [7, 11) is 1.25. The van der Waals surface area contributed by atoms with Gasteiger partial charge >= 0.3 is 5.97 Å². The summed E-state index contributed by atoms with van der Waals surface area (Å²) < 4.78 is 9.94. The Hall–Kier alpha value is -3.00. The van der Waals surface area contributed by atoms with Gasteiger partial charge in [0.05, 0.1) is 18.6 Å². The van der Waals surface area contributed by atoms with Crippen LogP contribution in [0.25, 0.3) is 6.08 Å². The van der Waals surface area contributed by atoms with E-state index < -0.39 is 5.97 Å². The van der Waals surface area contributed by atoms with Crippen molar-refractivity contribution in [2.24, 2.45) is 0 Å². The summed E-state index contributed by atoms with van der Waals surface area (Å²) in [5, 5.41) is -0.378. The summed E-state index contributed by atoms with van der Waals surface area (Å²) in [5.41, 5.74) is 1.96. The van der Waals surface area contributed by atoms with Crippen molar-refractivity contribution in [3.8, 4) is 0 Å². The molecule has 3 rings (SSSR count). The molecule has 2 amide bonds. The van der Waals surface area contributed by atoms with Crippen LogP contribution in [0, 0.1) is 0 Å². The van der Waals surface area contributed by atoms with E-state index in [1.807, 2.05) is 24.3 Å². The number of rotatable bonds is 7. The molecule has 152 valence electrons. The standard InChI is InChI=1S/C21H22N2O5S/c1-4-22(5-2)15-8-6-14(7-9-15)12-18-19(24)23(21(26)29-18)13-16-10-11-17(28-16)20(25)27-3/h6-12H,4-5,13H2,1-3H3. The molecule has 0 N–H and O–H groups in total. The van der Waals surface area contributed by atoms with Gasteiger partial charge < -0.3 is 14.1 Å². The molecule has 1 aromatic heterocycles. The van der Waals surface area contributed by atoms with E-state index in [0.717, 1.165) is 41.0 Å². The third kappa shape index (κ3) is 4.54. The van der Waals surface area contributed by atoms with E-state index in [-0.39, 0.29) is 23.5 Å². The van der Waals surface area contributed by atoms with Crippen LogP contribution < -0.4 is 4.90 Å². The molecule has 2 aromatic rings. The number of furan rings is 1. The first-order valence-corrected chi connectivity index (χ1v) is 10.1. The molecule has 0 atom stereocenters. The van der Waals surface area contributed by atoms with Crippen molar-refractivity contribution in [1.82, 2.24) is 4.90 Å². The number of thioether (sulfide) groups is 1. The highest BCUT2D eigenvalue weighted by Crippen LogP contribution is 2.33. The summed E-state index contributed by atoms with van der Waals surface area (Å²) in [6.07, 6.45) is 1.71. The van der Waals surface area contributed by atoms with Gasteiger partial charge in [-0.15, -0.1) is 0 Å². The van der Waals surface area contributed by atoms with Crippen molar-refractivity contribution in [1.29, 1.82) is 0 Å². The van der Waals surface area contributed by atoms with Crippen molar-refractivity contribution in [2.45, 2.75) is 20.4 Å². The molecule has 1 fully saturated rings. The molecule has 1 aliphatic rings. The largest absolute Gasteiger partial charge is 0.463 e. The Morgan fingerprint density at radius 1 is 1.14 bits per heavy atom. The Labute approximate surface area is 173 Å². The molecule has 0 aliphatic carbocycles. The molecule has 0 bridgehead atoms. The predicted molar refractivity (Wildman–Crippen MR) is 112 cm³/mol. The Bertz CT molecular complexity index is 944. The molecular formula is C21H22N2O5S. The van der Waals surface area contributed by atoms with Gasteiger partial charge in [-0.2, -0.15) is 0 Å². The number of imide groups is 1. The fourth-order valence-corrected chi connectivity index (χ4v) is 3.83. The number of ether oxygens (including phenoxy) is 1. The Morgan fingerprint density at radius 2 is 1.83 bits per heavy atom. The normalized spacial score (nSPS) is 15.3. The quantitative estimate of drug-likeness (QED) is 0.497. The molecule has 0 unspecified atom stereocenters. The number of carbonyl (C=O) groups excluding carboxylic acids is 3. The van der Waals surface area contributed by atoms with Crippen molar-refractivity contribution >= 4 is 40.6 Å². The lowest BCUT2D eigenvalue weighted by molar-refractivity contribution is -0.123. The van der Waals surface area contributed by atoms with Gasteiger partial charge in [-0.25, -0.2) is 4.79 Å². The zero-order valence-electron chi connectivity index (χ0n) is 16.5. The molecule has 0 saturated carbocycles. The number of nitrogens with zero attached hydrogens (tertiary/aromatic N) is 2. The molecule has 1 saturated heterocycles. The van der Waals surface area contributed by atoms with E-state index in [4.69, 9.17) is 4.42 Å². The summed E-state index contributed by atoms with van der Waals surface area (Å²) in [6.45, 7) is 5.99. The second kappa shape index (κ2) is 9.00. The van der Waals surface area contributed by atoms with Crippen molar-refractivity contribution in [3.63, 3.8) is 0 Å². The van der Waals surface area contributed by atoms with Gasteiger partial charge in [0.2, 0.25) is 5.76 Å². The topological polar surface area (TPSA) is 80.1 Å². The highest BCUT2D eigenvalue weighted by molar-refractivity contribution is 8.18. The van der Waals surface area contributed by atoms with Gasteiger partial charge in [0, 0.05) is 18.8 Å². The summed E-state index contributed by atoms with van der Waals surface area (Å²) in [4.78, 5) is 40.1. The van der Waals surface area contributed by atoms with Crippen LogP contribution in [0.15, 0.2) is 45.7 Å². The maximum Gasteiger partial charge on any atom is 0.373 e. The van der Waals surface area contributed by atoms with Crippen LogP contribution in [0.4, 0.5) is 10.5 Å². The summed E-state index contributed by atoms with van der Waals surface area (Å²) in [5.74, 6) is -0.641. The first-order chi connectivity index (χ1) is 14.0. The van der Waals surface area contributed by atoms with Gasteiger partial charge in [0.15, 0.2) is 0 Å². The number of esters is 1. The molecule has 0 spiro atoms. The van der Waals surface area contributed by atoms with E-state index in [2.05, 4.69) is 23.5 Å². The molecule has 1 aliphatic heterocycles. The lowest BCUT2D eigenvalue weighted by Crippen LogP contribution is -2.27. The number of hydrogen-bond acceptors (Lipinski definition) is 7. The molecule has 7 nitrogen and oxygen atoms in total. The van der Waals surface area contributed by atoms with Crippen LogP contribution in [-0.4, -0.2) is 42.2 Å². The van der Waals surface area contributed by atoms with Crippen molar-refractivity contribution < 1.29 is 23.5 Å². The Balaban J connectivity index is 1.72. The Kier molecular flexibility index (Phi) is 6.43. The number of carbonyl (C=O) groups is 3. The fourth-order valence-electron chi connectivity index (χ4n) is 2.99. The minimum absolute atomic E-state index is 0.0262. The van der Waals surface area contributed by atoms with Gasteiger partial charge in [0.25, 0.3) is 11.1 Å². The van der Waals surface area contributed by atoms with Crippen molar-refractivity contribution in [3.05, 3.63) is 58.4 Å². The highest BCUT2D eigenvalue weighted by atomic mass is 32.2. The highest BCUT2D eigenvalue weighted by Gasteiger charge is 2.35. The molecule has 29 heavy (non-hydrogen) atoms. The maximum atomic E-state index is 12.7. The third-order valence-electron chi connectivity index (χ3n) is 4.56. The second-order valence-electron chi connectivity index (χ2n) is 6.29. The van der Waals surface area contributed by atoms with E-state index in [9.17, 15) is 14.4 Å². The van der Waals surface area contributed by atoms with Gasteiger partial charge in [0.1, 0.15) is 5.76 Å². The average Bonchev–Trinajstić information content (AvgIpc) is 3.30. The molecule has 0 radical (unpaired) electrons. The monoisotopic (exact) mass is 414 g/mol. The maximum absolute atomic E-state index is 12.7. The molecule has 8 heteroatoms. The SMILES string of the molecule is CCN(CC)c1ccc(C=C2SC(=O)N(Cc3ccc(C(=O)OC)o3)C2=O)cc1. The second-order valence-corrected chi connectivity index (χ2v) is 7.28. The fraction of sp³-hybridized carbons (Fsp3) is 0.286. The summed E-state index contributed by atoms with van der Waals surface area (Å²) >= 11 is 0.888. The number of methoxy groups -OCH3 is 1. The lowest BCUT2D eigenvalue weighted by atomic mass is 10.1. The number of anilines is 1. The minimum Gasteiger partial charge on any atom is -0.463 e. The van der Waals surface area contributed by atoms with Gasteiger partial charge in [-0.3, -0.25) is 14.5 Å². The first kappa shape index (κ1) is 20.7. The first-order valence-electron chi connectivity index (χ1n) is 9.24. The van der Waals surface area contributed by atoms with Crippen LogP contribution in [-0.2, 0) is 16.1 Å². The zero-order valence-corrected chi connectivity index (χ0v) is 17.3. The third-order valence-corrected chi connectivity index (χ3v) is 5.46. The van der Waals surface area contributed by atoms with Crippen LogP contribution >= 0.6 is 11.8 Å². The van der Waals surface area contributed by atoms with E-state index in [0.29, 0.717) is 10.7 Å². The smallest absolute Gasteiger partial charge is 0.373 e. The Morgan fingerprint density at radius 3 is 2.45 bits per heavy atom. The molecular weight excluding hydrogens is 392 g/mol. The summed E-state index contributed by atoms with van der Waals surface area (Å²) in [6, 6.07) is 10.9. The van der Waals surface area contributed by atoms with Crippen LogP contribution in [0.5, 0.6) is 0 Å². The molecule has 2 heterocycles. The van der Waals surface area contributed by atoms with E-state index in [1.165, 1.54) is 13.2 Å². The van der Waals surface area contributed by atoms with E-state index >= 15 is 0 Å². The number of benzene rings is 1. The zero-order chi connectivity index (χ0) is 21.0. The molecule has 1 aromatic carbocycles. The van der Waals surface area contributed by atoms with E-state index in [1.54, 1.807) is 12.1 Å². The number of hydrogen-bond donors (Lipinski definition) is 0. The lowest BCUT2D eigenvalue weighted by Gasteiger charge is -2.20. The minimum atomic E-state index is -0.613. The van der Waals surface area contributed by atoms with Crippen LogP contribution in [0.2, 0.25) is 0 Å².